The fourth-order valence-electron chi connectivity index (χ4n) is 2.40. The maximum atomic E-state index is 12.6. The Morgan fingerprint density at radius 2 is 1.86 bits per heavy atom. The lowest BCUT2D eigenvalue weighted by Gasteiger charge is -2.29. The number of carbonyl (C=O) groups excluding carboxylic acids is 2. The largest absolute Gasteiger partial charge is 0.308 e. The van der Waals surface area contributed by atoms with E-state index in [2.05, 4.69) is 10.3 Å². The zero-order valence-electron chi connectivity index (χ0n) is 11.4. The molecular formula is C16H13ClN2O2. The molecule has 1 amide bonds. The van der Waals surface area contributed by atoms with E-state index in [1.807, 2.05) is 30.3 Å². The molecule has 2 aromatic rings. The number of hydrogen-bond donors (Lipinski definition) is 1. The van der Waals surface area contributed by atoms with Gasteiger partial charge in [-0.25, -0.2) is 4.98 Å². The van der Waals surface area contributed by atoms with Gasteiger partial charge in [0, 0.05) is 12.1 Å². The topological polar surface area (TPSA) is 59.1 Å². The number of benzene rings is 1. The number of Topliss-reactive ketones (excluding diaryl/α,β-unsaturated/α-hetero) is 1. The van der Waals surface area contributed by atoms with Crippen molar-refractivity contribution in [2.75, 3.05) is 5.32 Å². The molecule has 106 valence electrons. The van der Waals surface area contributed by atoms with E-state index in [0.29, 0.717) is 5.56 Å². The van der Waals surface area contributed by atoms with Gasteiger partial charge in [0.1, 0.15) is 5.82 Å². The summed E-state index contributed by atoms with van der Waals surface area (Å²) < 4.78 is 0. The van der Waals surface area contributed by atoms with Crippen molar-refractivity contribution in [1.82, 2.24) is 4.98 Å². The molecule has 1 atom stereocenters. The number of hydrogen-bond acceptors (Lipinski definition) is 3. The number of carbonyl (C=O) groups is 2. The van der Waals surface area contributed by atoms with Gasteiger partial charge in [0.15, 0.2) is 10.7 Å². The van der Waals surface area contributed by atoms with Gasteiger partial charge in [-0.1, -0.05) is 41.9 Å². The Morgan fingerprint density at radius 3 is 2.57 bits per heavy atom. The van der Waals surface area contributed by atoms with Crippen LogP contribution in [0.5, 0.6) is 0 Å². The van der Waals surface area contributed by atoms with Gasteiger partial charge in [-0.3, -0.25) is 9.59 Å². The molecule has 4 nitrogen and oxygen atoms in total. The van der Waals surface area contributed by atoms with Crippen molar-refractivity contribution in [3.8, 4) is 0 Å². The number of anilines is 1. The Balaban J connectivity index is 2.02. The average Bonchev–Trinajstić information content (AvgIpc) is 2.46. The molecule has 1 aromatic heterocycles. The highest BCUT2D eigenvalue weighted by molar-refractivity contribution is 6.52. The average molecular weight is 301 g/mol. The van der Waals surface area contributed by atoms with E-state index >= 15 is 0 Å². The van der Waals surface area contributed by atoms with Crippen LogP contribution in [-0.2, 0) is 11.2 Å². The molecule has 0 saturated carbocycles. The highest BCUT2D eigenvalue weighted by Crippen LogP contribution is 2.34. The summed E-state index contributed by atoms with van der Waals surface area (Å²) in [4.78, 5) is 27.5. The van der Waals surface area contributed by atoms with Crippen LogP contribution in [0.1, 0.15) is 21.6 Å². The zero-order valence-corrected chi connectivity index (χ0v) is 12.1. The summed E-state index contributed by atoms with van der Waals surface area (Å²) >= 11 is 6.39. The van der Waals surface area contributed by atoms with Crippen molar-refractivity contribution >= 4 is 29.1 Å². The minimum Gasteiger partial charge on any atom is -0.308 e. The standard InChI is InChI=1S/C16H13ClN2O2/c1-10-7-8-12-13(20)16(17,15(21)19-14(12)18-10)9-11-5-3-2-4-6-11/h2-8H,9H2,1H3,(H,18,19,21). The number of nitrogens with one attached hydrogen (secondary N) is 1. The van der Waals surface area contributed by atoms with Crippen molar-refractivity contribution in [2.24, 2.45) is 0 Å². The molecule has 0 aliphatic carbocycles. The minimum atomic E-state index is -1.62. The molecule has 1 N–H and O–H groups in total. The third-order valence-corrected chi connectivity index (χ3v) is 4.00. The molecule has 1 aromatic carbocycles. The van der Waals surface area contributed by atoms with Gasteiger partial charge in [0.05, 0.1) is 5.56 Å². The number of fused-ring (bicyclic) bond motifs is 1. The summed E-state index contributed by atoms with van der Waals surface area (Å²) in [5, 5.41) is 2.64. The number of aryl methyl sites for hydroxylation is 1. The molecule has 0 bridgehead atoms. The third kappa shape index (κ3) is 2.32. The second-order valence-electron chi connectivity index (χ2n) is 5.10. The Bertz CT molecular complexity index is 730. The molecule has 5 heteroatoms. The Hall–Kier alpha value is -2.20. The number of pyridine rings is 1. The van der Waals surface area contributed by atoms with Gasteiger partial charge in [-0.15, -0.1) is 0 Å². The van der Waals surface area contributed by atoms with Gasteiger partial charge in [0.2, 0.25) is 0 Å². The van der Waals surface area contributed by atoms with Crippen LogP contribution in [0, 0.1) is 6.92 Å². The van der Waals surface area contributed by atoms with Crippen LogP contribution in [0.25, 0.3) is 0 Å². The molecule has 2 heterocycles. The molecule has 1 aliphatic heterocycles. The lowest BCUT2D eigenvalue weighted by molar-refractivity contribution is -0.117. The van der Waals surface area contributed by atoms with Gasteiger partial charge >= 0.3 is 0 Å². The lowest BCUT2D eigenvalue weighted by atomic mass is 9.87. The predicted octanol–water partition coefficient (Wildman–Crippen LogP) is 2.75. The van der Waals surface area contributed by atoms with E-state index in [-0.39, 0.29) is 12.2 Å². The summed E-state index contributed by atoms with van der Waals surface area (Å²) in [6.45, 7) is 1.80. The highest BCUT2D eigenvalue weighted by atomic mass is 35.5. The summed E-state index contributed by atoms with van der Waals surface area (Å²) in [6, 6.07) is 12.6. The Morgan fingerprint density at radius 1 is 1.14 bits per heavy atom. The Kier molecular flexibility index (Phi) is 3.26. The number of halogens is 1. The van der Waals surface area contributed by atoms with Crippen LogP contribution in [0.2, 0.25) is 0 Å². The van der Waals surface area contributed by atoms with Gasteiger partial charge in [-0.2, -0.15) is 0 Å². The number of alkyl halides is 1. The molecule has 21 heavy (non-hydrogen) atoms. The normalized spacial score (nSPS) is 20.9. The highest BCUT2D eigenvalue weighted by Gasteiger charge is 2.48. The maximum absolute atomic E-state index is 12.6. The molecule has 3 rings (SSSR count). The maximum Gasteiger partial charge on any atom is 0.255 e. The van der Waals surface area contributed by atoms with E-state index in [0.717, 1.165) is 11.3 Å². The third-order valence-electron chi connectivity index (χ3n) is 3.52. The van der Waals surface area contributed by atoms with E-state index < -0.39 is 16.6 Å². The molecule has 0 fully saturated rings. The van der Waals surface area contributed by atoms with Crippen LogP contribution in [0.4, 0.5) is 5.82 Å². The minimum absolute atomic E-state index is 0.146. The van der Waals surface area contributed by atoms with Crippen molar-refractivity contribution < 1.29 is 9.59 Å². The van der Waals surface area contributed by atoms with Crippen LogP contribution in [0.15, 0.2) is 42.5 Å². The summed E-state index contributed by atoms with van der Waals surface area (Å²) in [7, 11) is 0. The molecule has 0 saturated heterocycles. The quantitative estimate of drug-likeness (QED) is 0.685. The summed E-state index contributed by atoms with van der Waals surface area (Å²) in [6.07, 6.45) is 0.146. The van der Waals surface area contributed by atoms with Crippen LogP contribution < -0.4 is 5.32 Å². The van der Waals surface area contributed by atoms with Crippen molar-refractivity contribution in [1.29, 1.82) is 0 Å². The number of aromatic nitrogens is 1. The fraction of sp³-hybridized carbons (Fsp3) is 0.188. The second-order valence-corrected chi connectivity index (χ2v) is 5.74. The molecular weight excluding hydrogens is 288 g/mol. The Labute approximate surface area is 127 Å². The molecule has 1 unspecified atom stereocenters. The first-order valence-corrected chi connectivity index (χ1v) is 6.95. The smallest absolute Gasteiger partial charge is 0.255 e. The van der Waals surface area contributed by atoms with Gasteiger partial charge in [-0.05, 0) is 24.6 Å². The van der Waals surface area contributed by atoms with Crippen LogP contribution in [0.3, 0.4) is 0 Å². The SMILES string of the molecule is Cc1ccc2c(n1)NC(=O)C(Cl)(Cc1ccccc1)C2=O. The summed E-state index contributed by atoms with van der Waals surface area (Å²) in [5.74, 6) is -0.641. The zero-order chi connectivity index (χ0) is 15.0. The van der Waals surface area contributed by atoms with Crippen molar-refractivity contribution in [3.63, 3.8) is 0 Å². The van der Waals surface area contributed by atoms with Crippen LogP contribution in [-0.4, -0.2) is 21.5 Å². The van der Waals surface area contributed by atoms with Gasteiger partial charge < -0.3 is 5.32 Å². The monoisotopic (exact) mass is 300 g/mol. The molecule has 1 aliphatic rings. The number of rotatable bonds is 2. The first kappa shape index (κ1) is 13.8. The number of nitrogens with zero attached hydrogens (tertiary/aromatic N) is 1. The predicted molar refractivity (Wildman–Crippen MR) is 80.7 cm³/mol. The van der Waals surface area contributed by atoms with Crippen molar-refractivity contribution in [3.05, 3.63) is 59.3 Å². The number of amides is 1. The first-order valence-electron chi connectivity index (χ1n) is 6.57. The molecule has 0 spiro atoms. The summed E-state index contributed by atoms with van der Waals surface area (Å²) in [5.41, 5.74) is 1.91. The van der Waals surface area contributed by atoms with E-state index in [1.165, 1.54) is 0 Å². The first-order chi connectivity index (χ1) is 10.0. The number of ketones is 1. The van der Waals surface area contributed by atoms with Crippen molar-refractivity contribution in [2.45, 2.75) is 18.2 Å². The van der Waals surface area contributed by atoms with E-state index in [1.54, 1.807) is 19.1 Å². The lowest BCUT2D eigenvalue weighted by Crippen LogP contribution is -2.50. The second kappa shape index (κ2) is 4.97. The van der Waals surface area contributed by atoms with Crippen LogP contribution >= 0.6 is 11.6 Å². The van der Waals surface area contributed by atoms with E-state index in [9.17, 15) is 9.59 Å². The fourth-order valence-corrected chi connectivity index (χ4v) is 2.70. The van der Waals surface area contributed by atoms with E-state index in [4.69, 9.17) is 11.6 Å². The molecule has 0 radical (unpaired) electrons. The van der Waals surface area contributed by atoms with Gasteiger partial charge in [0.25, 0.3) is 5.91 Å².